The van der Waals surface area contributed by atoms with E-state index in [1.54, 1.807) is 31.2 Å². The minimum atomic E-state index is -0.533. The number of halogens is 1. The predicted octanol–water partition coefficient (Wildman–Crippen LogP) is 3.81. The fourth-order valence-corrected chi connectivity index (χ4v) is 2.38. The van der Waals surface area contributed by atoms with E-state index in [-0.39, 0.29) is 30.0 Å². The Morgan fingerprint density at radius 2 is 2.08 bits per heavy atom. The van der Waals surface area contributed by atoms with E-state index in [0.717, 1.165) is 11.1 Å². The van der Waals surface area contributed by atoms with Gasteiger partial charge in [-0.2, -0.15) is 0 Å². The van der Waals surface area contributed by atoms with Gasteiger partial charge in [0.1, 0.15) is 0 Å². The van der Waals surface area contributed by atoms with E-state index in [0.29, 0.717) is 5.02 Å². The summed E-state index contributed by atoms with van der Waals surface area (Å²) in [7, 11) is 0. The van der Waals surface area contributed by atoms with Gasteiger partial charge in [0.2, 0.25) is 0 Å². The summed E-state index contributed by atoms with van der Waals surface area (Å²) in [6, 6.07) is 11.5. The van der Waals surface area contributed by atoms with Crippen LogP contribution in [0.25, 0.3) is 0 Å². The third-order valence-electron chi connectivity index (χ3n) is 3.40. The number of carbonyl (C=O) groups excluding carboxylic acids is 1. The zero-order chi connectivity index (χ0) is 17.7. The molecule has 0 aliphatic heterocycles. The number of ether oxygens (including phenoxy) is 1. The normalized spacial score (nSPS) is 11.6. The molecule has 24 heavy (non-hydrogen) atoms. The standard InChI is InChI=1S/C17H17ClN2O4/c1-11-6-7-16(15(8-11)20(22)23)24-10-17(21)19-12(2)13-4-3-5-14(18)9-13/h3-9,12H,10H2,1-2H3,(H,19,21)/t12-/m1/s1. The van der Waals surface area contributed by atoms with E-state index in [9.17, 15) is 14.9 Å². The highest BCUT2D eigenvalue weighted by atomic mass is 35.5. The summed E-state index contributed by atoms with van der Waals surface area (Å²) in [5.74, 6) is -0.312. The van der Waals surface area contributed by atoms with Gasteiger partial charge in [0.15, 0.2) is 12.4 Å². The third-order valence-corrected chi connectivity index (χ3v) is 3.63. The molecule has 2 aromatic carbocycles. The third kappa shape index (κ3) is 4.70. The Hall–Kier alpha value is -2.60. The van der Waals surface area contributed by atoms with Crippen molar-refractivity contribution in [3.05, 3.63) is 68.7 Å². The lowest BCUT2D eigenvalue weighted by atomic mass is 10.1. The van der Waals surface area contributed by atoms with Crippen molar-refractivity contribution >= 4 is 23.2 Å². The van der Waals surface area contributed by atoms with Gasteiger partial charge in [-0.1, -0.05) is 29.8 Å². The fraction of sp³-hybridized carbons (Fsp3) is 0.235. The first kappa shape index (κ1) is 17.7. The van der Waals surface area contributed by atoms with Crippen LogP contribution < -0.4 is 10.1 Å². The SMILES string of the molecule is Cc1ccc(OCC(=O)N[C@H](C)c2cccc(Cl)c2)c([N+](=O)[O-])c1. The highest BCUT2D eigenvalue weighted by Gasteiger charge is 2.17. The number of carbonyl (C=O) groups is 1. The molecule has 0 aromatic heterocycles. The lowest BCUT2D eigenvalue weighted by Gasteiger charge is -2.15. The lowest BCUT2D eigenvalue weighted by Crippen LogP contribution is -2.31. The molecule has 0 spiro atoms. The molecular formula is C17H17ClN2O4. The lowest BCUT2D eigenvalue weighted by molar-refractivity contribution is -0.385. The summed E-state index contributed by atoms with van der Waals surface area (Å²) in [6.45, 7) is 3.25. The summed E-state index contributed by atoms with van der Waals surface area (Å²) in [5.41, 5.74) is 1.44. The van der Waals surface area contributed by atoms with Crippen molar-refractivity contribution in [2.24, 2.45) is 0 Å². The summed E-state index contributed by atoms with van der Waals surface area (Å²) in [6.07, 6.45) is 0. The molecule has 7 heteroatoms. The molecule has 2 rings (SSSR count). The Balaban J connectivity index is 1.97. The summed E-state index contributed by atoms with van der Waals surface area (Å²) < 4.78 is 5.30. The van der Waals surface area contributed by atoms with Gasteiger partial charge in [0, 0.05) is 11.1 Å². The first-order valence-electron chi connectivity index (χ1n) is 7.29. The monoisotopic (exact) mass is 348 g/mol. The van der Waals surface area contributed by atoms with E-state index in [2.05, 4.69) is 5.32 Å². The molecule has 0 radical (unpaired) electrons. The first-order valence-corrected chi connectivity index (χ1v) is 7.67. The molecule has 0 heterocycles. The van der Waals surface area contributed by atoms with Crippen molar-refractivity contribution in [3.8, 4) is 5.75 Å². The number of nitro groups is 1. The second-order valence-electron chi connectivity index (χ2n) is 5.36. The number of nitro benzene ring substituents is 1. The number of hydrogen-bond acceptors (Lipinski definition) is 4. The number of benzene rings is 2. The number of nitrogens with one attached hydrogen (secondary N) is 1. The van der Waals surface area contributed by atoms with Crippen molar-refractivity contribution in [2.75, 3.05) is 6.61 Å². The van der Waals surface area contributed by atoms with Crippen LogP contribution in [-0.2, 0) is 4.79 Å². The molecule has 6 nitrogen and oxygen atoms in total. The zero-order valence-electron chi connectivity index (χ0n) is 13.3. The van der Waals surface area contributed by atoms with Crippen LogP contribution in [0.1, 0.15) is 24.1 Å². The highest BCUT2D eigenvalue weighted by Crippen LogP contribution is 2.27. The molecule has 0 fully saturated rings. The smallest absolute Gasteiger partial charge is 0.311 e. The fourth-order valence-electron chi connectivity index (χ4n) is 2.18. The topological polar surface area (TPSA) is 81.5 Å². The maximum atomic E-state index is 12.0. The largest absolute Gasteiger partial charge is 0.477 e. The molecule has 1 N–H and O–H groups in total. The molecule has 0 saturated heterocycles. The molecule has 2 aromatic rings. The molecule has 1 atom stereocenters. The Kier molecular flexibility index (Phi) is 5.76. The van der Waals surface area contributed by atoms with Crippen LogP contribution in [0.3, 0.4) is 0 Å². The average molecular weight is 349 g/mol. The van der Waals surface area contributed by atoms with Crippen molar-refractivity contribution < 1.29 is 14.5 Å². The van der Waals surface area contributed by atoms with Crippen molar-refractivity contribution in [2.45, 2.75) is 19.9 Å². The van der Waals surface area contributed by atoms with Gasteiger partial charge >= 0.3 is 5.69 Å². The molecule has 0 saturated carbocycles. The molecule has 1 amide bonds. The van der Waals surface area contributed by atoms with Gasteiger partial charge in [0.05, 0.1) is 11.0 Å². The highest BCUT2D eigenvalue weighted by molar-refractivity contribution is 6.30. The quantitative estimate of drug-likeness (QED) is 0.635. The van der Waals surface area contributed by atoms with E-state index >= 15 is 0 Å². The van der Waals surface area contributed by atoms with E-state index < -0.39 is 4.92 Å². The van der Waals surface area contributed by atoms with Crippen molar-refractivity contribution in [3.63, 3.8) is 0 Å². The van der Waals surface area contributed by atoms with Crippen LogP contribution >= 0.6 is 11.6 Å². The second-order valence-corrected chi connectivity index (χ2v) is 5.80. The average Bonchev–Trinajstić information content (AvgIpc) is 2.53. The van der Waals surface area contributed by atoms with Gasteiger partial charge in [-0.05, 0) is 43.2 Å². The molecular weight excluding hydrogens is 332 g/mol. The van der Waals surface area contributed by atoms with Gasteiger partial charge in [0.25, 0.3) is 5.91 Å². The van der Waals surface area contributed by atoms with E-state index in [1.807, 2.05) is 13.0 Å². The van der Waals surface area contributed by atoms with Crippen LogP contribution in [0, 0.1) is 17.0 Å². The van der Waals surface area contributed by atoms with Crippen LogP contribution in [0.2, 0.25) is 5.02 Å². The minimum Gasteiger partial charge on any atom is -0.477 e. The van der Waals surface area contributed by atoms with Gasteiger partial charge in [-0.15, -0.1) is 0 Å². The Bertz CT molecular complexity index is 764. The predicted molar refractivity (Wildman–Crippen MR) is 91.3 cm³/mol. The Morgan fingerprint density at radius 1 is 1.33 bits per heavy atom. The van der Waals surface area contributed by atoms with Gasteiger partial charge in [-0.3, -0.25) is 14.9 Å². The van der Waals surface area contributed by atoms with Crippen LogP contribution in [0.4, 0.5) is 5.69 Å². The molecule has 0 aliphatic rings. The maximum absolute atomic E-state index is 12.0. The van der Waals surface area contributed by atoms with E-state index in [1.165, 1.54) is 12.1 Å². The van der Waals surface area contributed by atoms with Crippen molar-refractivity contribution in [1.29, 1.82) is 0 Å². The molecule has 0 unspecified atom stereocenters. The number of rotatable bonds is 6. The van der Waals surface area contributed by atoms with Gasteiger partial charge < -0.3 is 10.1 Å². The molecule has 126 valence electrons. The zero-order valence-corrected chi connectivity index (χ0v) is 14.0. The van der Waals surface area contributed by atoms with Crippen LogP contribution in [0.15, 0.2) is 42.5 Å². The molecule has 0 bridgehead atoms. The Morgan fingerprint density at radius 3 is 2.75 bits per heavy atom. The first-order chi connectivity index (χ1) is 11.4. The summed E-state index contributed by atoms with van der Waals surface area (Å²) in [4.78, 5) is 22.5. The number of amides is 1. The van der Waals surface area contributed by atoms with Crippen LogP contribution in [-0.4, -0.2) is 17.4 Å². The minimum absolute atomic E-state index is 0.0659. The second kappa shape index (κ2) is 7.79. The number of aryl methyl sites for hydroxylation is 1. The van der Waals surface area contributed by atoms with Crippen molar-refractivity contribution in [1.82, 2.24) is 5.32 Å². The summed E-state index contributed by atoms with van der Waals surface area (Å²) >= 11 is 5.93. The molecule has 0 aliphatic carbocycles. The number of hydrogen-bond donors (Lipinski definition) is 1. The summed E-state index contributed by atoms with van der Waals surface area (Å²) in [5, 5.41) is 14.4. The Labute approximate surface area is 144 Å². The van der Waals surface area contributed by atoms with Crippen LogP contribution in [0.5, 0.6) is 5.75 Å². The van der Waals surface area contributed by atoms with E-state index in [4.69, 9.17) is 16.3 Å². The number of nitrogens with zero attached hydrogens (tertiary/aromatic N) is 1. The maximum Gasteiger partial charge on any atom is 0.311 e. The van der Waals surface area contributed by atoms with Gasteiger partial charge in [-0.25, -0.2) is 0 Å².